The molecule has 0 aliphatic heterocycles. The Hall–Kier alpha value is -1.54. The van der Waals surface area contributed by atoms with Crippen LogP contribution in [0, 0.1) is 0 Å². The predicted octanol–water partition coefficient (Wildman–Crippen LogP) is 1.08. The second-order valence-corrected chi connectivity index (χ2v) is 8.34. The molecule has 1 aromatic carbocycles. The maximum absolute atomic E-state index is 12.1. The van der Waals surface area contributed by atoms with Gasteiger partial charge in [0.1, 0.15) is 25.9 Å². The number of benzene rings is 1. The summed E-state index contributed by atoms with van der Waals surface area (Å²) in [6.45, 7) is 4.24. The minimum absolute atomic E-state index is 0.000880. The summed E-state index contributed by atoms with van der Waals surface area (Å²) < 4.78 is 27.5. The van der Waals surface area contributed by atoms with Gasteiger partial charge in [-0.3, -0.25) is 4.57 Å². The summed E-state index contributed by atoms with van der Waals surface area (Å²) in [6.07, 6.45) is 0.0910. The molecule has 2 atom stereocenters. The van der Waals surface area contributed by atoms with E-state index in [1.165, 1.54) is 0 Å². The smallest absolute Gasteiger partial charge is 0.330 e. The van der Waals surface area contributed by atoms with Gasteiger partial charge in [0, 0.05) is 19.2 Å². The van der Waals surface area contributed by atoms with Gasteiger partial charge in [0.15, 0.2) is 0 Å². The van der Waals surface area contributed by atoms with Crippen LogP contribution in [-0.2, 0) is 29.7 Å². The molecule has 0 saturated heterocycles. The first-order chi connectivity index (χ1) is 12.6. The Balaban J connectivity index is 2.56. The van der Waals surface area contributed by atoms with Crippen molar-refractivity contribution in [1.82, 2.24) is 5.32 Å². The Kier molecular flexibility index (Phi) is 9.87. The molecule has 0 radical (unpaired) electrons. The number of hydrogen-bond acceptors (Lipinski definition) is 7. The quantitative estimate of drug-likeness (QED) is 0.229. The number of nitrogens with one attached hydrogen (secondary N) is 1. The molecule has 27 heavy (non-hydrogen) atoms. The van der Waals surface area contributed by atoms with E-state index in [1.54, 1.807) is 0 Å². The van der Waals surface area contributed by atoms with Crippen LogP contribution in [-0.4, -0.2) is 64.0 Å². The second kappa shape index (κ2) is 11.3. The standard InChI is InChI=1S/C18H29N2O6P/c1-5-18(21)24-15-17(14-19-13-16-9-7-6-8-10-16)26-27(22,23)25-12-11-20(2,3)4/h5-10,17,19H,1,11-15H2,2-4H3. The second-order valence-electron chi connectivity index (χ2n) is 6.97. The summed E-state index contributed by atoms with van der Waals surface area (Å²) in [6, 6.07) is 9.60. The molecular weight excluding hydrogens is 371 g/mol. The van der Waals surface area contributed by atoms with Crippen LogP contribution >= 0.6 is 7.82 Å². The SMILES string of the molecule is C=CC(=O)OCC(CNCc1ccccc1)OP(=O)([O-])OCC[N+](C)(C)C. The molecule has 0 aromatic heterocycles. The monoisotopic (exact) mass is 400 g/mol. The third kappa shape index (κ3) is 11.7. The fraction of sp³-hybridized carbons (Fsp3) is 0.500. The van der Waals surface area contributed by atoms with E-state index in [0.29, 0.717) is 17.6 Å². The number of likely N-dealkylation sites (N-methyl/N-ethyl adjacent to an activating group) is 1. The molecular formula is C18H29N2O6P. The van der Waals surface area contributed by atoms with E-state index < -0.39 is 19.9 Å². The number of hydrogen-bond donors (Lipinski definition) is 1. The maximum Gasteiger partial charge on any atom is 0.330 e. The number of carbonyl (C=O) groups excluding carboxylic acids is 1. The van der Waals surface area contributed by atoms with Crippen molar-refractivity contribution in [1.29, 1.82) is 0 Å². The average Bonchev–Trinajstić information content (AvgIpc) is 2.58. The van der Waals surface area contributed by atoms with E-state index in [-0.39, 0.29) is 19.8 Å². The highest BCUT2D eigenvalue weighted by molar-refractivity contribution is 7.45. The average molecular weight is 400 g/mol. The van der Waals surface area contributed by atoms with Crippen LogP contribution in [0.5, 0.6) is 0 Å². The van der Waals surface area contributed by atoms with E-state index in [2.05, 4.69) is 11.9 Å². The molecule has 0 spiro atoms. The summed E-state index contributed by atoms with van der Waals surface area (Å²) in [5, 5.41) is 3.09. The number of ether oxygens (including phenoxy) is 1. The van der Waals surface area contributed by atoms with E-state index >= 15 is 0 Å². The Morgan fingerprint density at radius 2 is 2.00 bits per heavy atom. The molecule has 0 saturated carbocycles. The summed E-state index contributed by atoms with van der Waals surface area (Å²) in [5.74, 6) is -0.654. The lowest BCUT2D eigenvalue weighted by Gasteiger charge is -2.30. The van der Waals surface area contributed by atoms with Gasteiger partial charge in [-0.15, -0.1) is 0 Å². The largest absolute Gasteiger partial charge is 0.756 e. The van der Waals surface area contributed by atoms with Crippen molar-refractivity contribution < 1.29 is 32.5 Å². The lowest BCUT2D eigenvalue weighted by Crippen LogP contribution is -2.38. The van der Waals surface area contributed by atoms with E-state index in [0.717, 1.165) is 11.6 Å². The zero-order valence-corrected chi connectivity index (χ0v) is 17.0. The maximum atomic E-state index is 12.1. The Bertz CT molecular complexity index is 632. The van der Waals surface area contributed by atoms with Gasteiger partial charge in [-0.2, -0.15) is 0 Å². The van der Waals surface area contributed by atoms with Gasteiger partial charge in [-0.25, -0.2) is 4.79 Å². The fourth-order valence-corrected chi connectivity index (χ4v) is 2.84. The first kappa shape index (κ1) is 23.5. The van der Waals surface area contributed by atoms with Crippen molar-refractivity contribution in [3.8, 4) is 0 Å². The van der Waals surface area contributed by atoms with E-state index in [1.807, 2.05) is 51.5 Å². The molecule has 9 heteroatoms. The summed E-state index contributed by atoms with van der Waals surface area (Å²) in [4.78, 5) is 23.3. The van der Waals surface area contributed by atoms with Gasteiger partial charge < -0.3 is 28.5 Å². The van der Waals surface area contributed by atoms with Crippen molar-refractivity contribution in [3.63, 3.8) is 0 Å². The first-order valence-electron chi connectivity index (χ1n) is 8.59. The summed E-state index contributed by atoms with van der Waals surface area (Å²) in [5.41, 5.74) is 1.03. The highest BCUT2D eigenvalue weighted by Gasteiger charge is 2.21. The lowest BCUT2D eigenvalue weighted by atomic mass is 10.2. The number of rotatable bonds is 13. The molecule has 0 bridgehead atoms. The molecule has 8 nitrogen and oxygen atoms in total. The highest BCUT2D eigenvalue weighted by Crippen LogP contribution is 2.39. The van der Waals surface area contributed by atoms with E-state index in [4.69, 9.17) is 13.8 Å². The van der Waals surface area contributed by atoms with Crippen molar-refractivity contribution in [2.24, 2.45) is 0 Å². The van der Waals surface area contributed by atoms with Crippen molar-refractivity contribution in [2.75, 3.05) is 47.4 Å². The van der Waals surface area contributed by atoms with Gasteiger partial charge in [0.25, 0.3) is 7.82 Å². The topological polar surface area (TPSA) is 96.9 Å². The molecule has 2 unspecified atom stereocenters. The third-order valence-electron chi connectivity index (χ3n) is 3.41. The normalized spacial score (nSPS) is 15.0. The molecule has 1 aromatic rings. The van der Waals surface area contributed by atoms with Crippen LogP contribution in [0.4, 0.5) is 0 Å². The first-order valence-corrected chi connectivity index (χ1v) is 10.1. The third-order valence-corrected chi connectivity index (χ3v) is 4.47. The van der Waals surface area contributed by atoms with Crippen molar-refractivity contribution >= 4 is 13.8 Å². The molecule has 0 aliphatic carbocycles. The van der Waals surface area contributed by atoms with Crippen LogP contribution in [0.3, 0.4) is 0 Å². The van der Waals surface area contributed by atoms with Crippen LogP contribution < -0.4 is 10.2 Å². The van der Waals surface area contributed by atoms with E-state index in [9.17, 15) is 14.3 Å². The summed E-state index contributed by atoms with van der Waals surface area (Å²) >= 11 is 0. The van der Waals surface area contributed by atoms with Crippen LogP contribution in [0.2, 0.25) is 0 Å². The highest BCUT2D eigenvalue weighted by atomic mass is 31.2. The molecule has 1 N–H and O–H groups in total. The van der Waals surface area contributed by atoms with Crippen molar-refractivity contribution in [3.05, 3.63) is 48.6 Å². The Labute approximate surface area is 160 Å². The minimum Gasteiger partial charge on any atom is -0.756 e. The Morgan fingerprint density at radius 3 is 2.59 bits per heavy atom. The van der Waals surface area contributed by atoms with Gasteiger partial charge >= 0.3 is 5.97 Å². The van der Waals surface area contributed by atoms with Gasteiger partial charge in [-0.1, -0.05) is 36.9 Å². The molecule has 1 rings (SSSR count). The number of nitrogens with zero attached hydrogens (tertiary/aromatic N) is 1. The number of esters is 1. The molecule has 152 valence electrons. The number of phosphoric acid groups is 1. The number of quaternary nitrogens is 1. The van der Waals surface area contributed by atoms with Crippen LogP contribution in [0.15, 0.2) is 43.0 Å². The predicted molar refractivity (Wildman–Crippen MR) is 101 cm³/mol. The fourth-order valence-electron chi connectivity index (χ4n) is 1.97. The zero-order chi connectivity index (χ0) is 20.3. The van der Waals surface area contributed by atoms with Gasteiger partial charge in [0.05, 0.1) is 21.1 Å². The number of carbonyl (C=O) groups is 1. The number of phosphoric ester groups is 1. The zero-order valence-electron chi connectivity index (χ0n) is 16.1. The Morgan fingerprint density at radius 1 is 1.33 bits per heavy atom. The summed E-state index contributed by atoms with van der Waals surface area (Å²) in [7, 11) is 1.23. The van der Waals surface area contributed by atoms with Crippen molar-refractivity contribution in [2.45, 2.75) is 12.6 Å². The van der Waals surface area contributed by atoms with Crippen LogP contribution in [0.25, 0.3) is 0 Å². The molecule has 0 aliphatic rings. The lowest BCUT2D eigenvalue weighted by molar-refractivity contribution is -0.870. The van der Waals surface area contributed by atoms with Gasteiger partial charge in [0.2, 0.25) is 0 Å². The van der Waals surface area contributed by atoms with Gasteiger partial charge in [-0.05, 0) is 5.56 Å². The molecule has 0 heterocycles. The molecule has 0 amide bonds. The molecule has 0 fully saturated rings. The van der Waals surface area contributed by atoms with Crippen LogP contribution in [0.1, 0.15) is 5.56 Å². The minimum atomic E-state index is -4.53.